The monoisotopic (exact) mass is 316 g/mol. The van der Waals surface area contributed by atoms with Gasteiger partial charge in [0.15, 0.2) is 0 Å². The molecule has 2 aromatic rings. The summed E-state index contributed by atoms with van der Waals surface area (Å²) in [5, 5.41) is 0.121. The number of nitrogens with zero attached hydrogens (tertiary/aromatic N) is 2. The zero-order valence-electron chi connectivity index (χ0n) is 12.0. The van der Waals surface area contributed by atoms with E-state index < -0.39 is 5.82 Å². The van der Waals surface area contributed by atoms with Gasteiger partial charge in [-0.3, -0.25) is 0 Å². The number of benzene rings is 1. The lowest BCUT2D eigenvalue weighted by atomic mass is 10.00. The summed E-state index contributed by atoms with van der Waals surface area (Å²) < 4.78 is 15.6. The van der Waals surface area contributed by atoms with Crippen molar-refractivity contribution in [3.8, 4) is 0 Å². The average molecular weight is 317 g/mol. The molecule has 1 aromatic heterocycles. The van der Waals surface area contributed by atoms with Crippen LogP contribution in [-0.2, 0) is 5.88 Å². The standard InChI is InChI=1S/C15H19Cl2FN2/c1-4-9(2)5-10(3)20-14-6-11(17)12(18)7-13(14)19-15(20)8-16/h6-7,9-10H,4-5,8H2,1-3H3. The average Bonchev–Trinajstić information content (AvgIpc) is 2.76. The fourth-order valence-corrected chi connectivity index (χ4v) is 2.93. The smallest absolute Gasteiger partial charge is 0.144 e. The first-order chi connectivity index (χ1) is 9.47. The van der Waals surface area contributed by atoms with Crippen LogP contribution < -0.4 is 0 Å². The summed E-state index contributed by atoms with van der Waals surface area (Å²) in [5.41, 5.74) is 1.46. The van der Waals surface area contributed by atoms with Gasteiger partial charge < -0.3 is 4.57 Å². The fraction of sp³-hybridized carbons (Fsp3) is 0.533. The molecule has 0 aliphatic carbocycles. The van der Waals surface area contributed by atoms with E-state index in [1.807, 2.05) is 0 Å². The van der Waals surface area contributed by atoms with Gasteiger partial charge in [-0.15, -0.1) is 11.6 Å². The van der Waals surface area contributed by atoms with E-state index in [0.29, 0.717) is 17.3 Å². The Morgan fingerprint density at radius 3 is 2.65 bits per heavy atom. The molecule has 2 rings (SSSR count). The molecule has 0 radical (unpaired) electrons. The Hall–Kier alpha value is -0.800. The molecule has 2 unspecified atom stereocenters. The molecule has 0 amide bonds. The molecule has 0 saturated carbocycles. The number of rotatable bonds is 5. The number of imidazole rings is 1. The molecule has 5 heteroatoms. The maximum atomic E-state index is 13.5. The minimum atomic E-state index is -0.445. The quantitative estimate of drug-likeness (QED) is 0.660. The van der Waals surface area contributed by atoms with Crippen LogP contribution in [0.2, 0.25) is 5.02 Å². The maximum absolute atomic E-state index is 13.5. The summed E-state index contributed by atoms with van der Waals surface area (Å²) in [6.45, 7) is 6.54. The fourth-order valence-electron chi connectivity index (χ4n) is 2.58. The Bertz CT molecular complexity index is 609. The lowest BCUT2D eigenvalue weighted by molar-refractivity contribution is 0.399. The highest BCUT2D eigenvalue weighted by Crippen LogP contribution is 2.30. The molecule has 2 atom stereocenters. The topological polar surface area (TPSA) is 17.8 Å². The Balaban J connectivity index is 2.52. The third-order valence-corrected chi connectivity index (χ3v) is 4.33. The zero-order chi connectivity index (χ0) is 14.9. The van der Waals surface area contributed by atoms with Gasteiger partial charge in [-0.1, -0.05) is 31.9 Å². The molecule has 20 heavy (non-hydrogen) atoms. The van der Waals surface area contributed by atoms with E-state index in [4.69, 9.17) is 23.2 Å². The maximum Gasteiger partial charge on any atom is 0.144 e. The SMILES string of the molecule is CCC(C)CC(C)n1c(CCl)nc2cc(F)c(Cl)cc21. The molecule has 2 nitrogen and oxygen atoms in total. The van der Waals surface area contributed by atoms with Crippen molar-refractivity contribution in [2.75, 3.05) is 0 Å². The van der Waals surface area contributed by atoms with E-state index in [1.165, 1.54) is 6.07 Å². The highest BCUT2D eigenvalue weighted by Gasteiger charge is 2.18. The summed E-state index contributed by atoms with van der Waals surface area (Å²) in [4.78, 5) is 4.42. The van der Waals surface area contributed by atoms with Crippen molar-refractivity contribution >= 4 is 34.2 Å². The molecule has 0 spiro atoms. The molecule has 1 heterocycles. The van der Waals surface area contributed by atoms with Gasteiger partial charge in [-0.25, -0.2) is 9.37 Å². The van der Waals surface area contributed by atoms with Crippen LogP contribution in [0.3, 0.4) is 0 Å². The molecule has 0 aliphatic heterocycles. The van der Waals surface area contributed by atoms with Crippen molar-refractivity contribution in [2.24, 2.45) is 5.92 Å². The summed E-state index contributed by atoms with van der Waals surface area (Å²) in [7, 11) is 0. The molecule has 0 bridgehead atoms. The first-order valence-corrected chi connectivity index (χ1v) is 7.81. The molecular formula is C15H19Cl2FN2. The van der Waals surface area contributed by atoms with Crippen molar-refractivity contribution in [2.45, 2.75) is 45.5 Å². The molecule has 110 valence electrons. The number of hydrogen-bond donors (Lipinski definition) is 0. The van der Waals surface area contributed by atoms with Gasteiger partial charge in [-0.2, -0.15) is 0 Å². The lowest BCUT2D eigenvalue weighted by Gasteiger charge is -2.20. The predicted octanol–water partition coefficient (Wildman–Crippen LogP) is 5.56. The van der Waals surface area contributed by atoms with Crippen LogP contribution in [-0.4, -0.2) is 9.55 Å². The Morgan fingerprint density at radius 2 is 2.05 bits per heavy atom. The molecule has 0 aliphatic rings. The van der Waals surface area contributed by atoms with Crippen LogP contribution in [0.5, 0.6) is 0 Å². The van der Waals surface area contributed by atoms with Crippen molar-refractivity contribution in [1.82, 2.24) is 9.55 Å². The van der Waals surface area contributed by atoms with E-state index in [0.717, 1.165) is 24.2 Å². The van der Waals surface area contributed by atoms with E-state index >= 15 is 0 Å². The van der Waals surface area contributed by atoms with Crippen LogP contribution in [0.25, 0.3) is 11.0 Å². The van der Waals surface area contributed by atoms with Crippen LogP contribution >= 0.6 is 23.2 Å². The number of alkyl halides is 1. The highest BCUT2D eigenvalue weighted by atomic mass is 35.5. The second kappa shape index (κ2) is 6.31. The molecule has 1 aromatic carbocycles. The van der Waals surface area contributed by atoms with Crippen molar-refractivity contribution < 1.29 is 4.39 Å². The van der Waals surface area contributed by atoms with Gasteiger partial charge in [0.1, 0.15) is 11.6 Å². The minimum absolute atomic E-state index is 0.121. The third kappa shape index (κ3) is 2.94. The van der Waals surface area contributed by atoms with Gasteiger partial charge in [0, 0.05) is 12.1 Å². The second-order valence-electron chi connectivity index (χ2n) is 5.38. The molecule has 0 saturated heterocycles. The first kappa shape index (κ1) is 15.6. The highest BCUT2D eigenvalue weighted by molar-refractivity contribution is 6.31. The summed E-state index contributed by atoms with van der Waals surface area (Å²) >= 11 is 11.9. The van der Waals surface area contributed by atoms with Gasteiger partial charge in [0.25, 0.3) is 0 Å². The lowest BCUT2D eigenvalue weighted by Crippen LogP contribution is -2.11. The van der Waals surface area contributed by atoms with Crippen LogP contribution in [0.1, 0.15) is 45.5 Å². The van der Waals surface area contributed by atoms with E-state index in [2.05, 4.69) is 30.3 Å². The van der Waals surface area contributed by atoms with Crippen molar-refractivity contribution in [3.05, 3.63) is 28.8 Å². The van der Waals surface area contributed by atoms with Crippen LogP contribution in [0.15, 0.2) is 12.1 Å². The first-order valence-electron chi connectivity index (χ1n) is 6.89. The largest absolute Gasteiger partial charge is 0.324 e. The molecule has 0 N–H and O–H groups in total. The van der Waals surface area contributed by atoms with E-state index in [9.17, 15) is 4.39 Å². The molecule has 0 fully saturated rings. The molecular weight excluding hydrogens is 298 g/mol. The number of halogens is 3. The number of hydrogen-bond acceptors (Lipinski definition) is 1. The Labute approximate surface area is 128 Å². The van der Waals surface area contributed by atoms with E-state index in [-0.39, 0.29) is 11.1 Å². The Kier molecular flexibility index (Phi) is 4.92. The van der Waals surface area contributed by atoms with Crippen molar-refractivity contribution in [3.63, 3.8) is 0 Å². The predicted molar refractivity (Wildman–Crippen MR) is 83.0 cm³/mol. The number of fused-ring (bicyclic) bond motifs is 1. The van der Waals surface area contributed by atoms with Crippen LogP contribution in [0, 0.1) is 11.7 Å². The van der Waals surface area contributed by atoms with Gasteiger partial charge in [0.05, 0.1) is 21.9 Å². The zero-order valence-corrected chi connectivity index (χ0v) is 13.5. The van der Waals surface area contributed by atoms with Crippen molar-refractivity contribution in [1.29, 1.82) is 0 Å². The number of aromatic nitrogens is 2. The van der Waals surface area contributed by atoms with E-state index in [1.54, 1.807) is 6.07 Å². The summed E-state index contributed by atoms with van der Waals surface area (Å²) in [5.74, 6) is 1.24. The minimum Gasteiger partial charge on any atom is -0.324 e. The van der Waals surface area contributed by atoms with Crippen LogP contribution in [0.4, 0.5) is 4.39 Å². The summed E-state index contributed by atoms with van der Waals surface area (Å²) in [6.07, 6.45) is 2.16. The normalized spacial score (nSPS) is 14.7. The van der Waals surface area contributed by atoms with Gasteiger partial charge in [-0.05, 0) is 25.3 Å². The van der Waals surface area contributed by atoms with Gasteiger partial charge in [0.2, 0.25) is 0 Å². The Morgan fingerprint density at radius 1 is 1.35 bits per heavy atom. The summed E-state index contributed by atoms with van der Waals surface area (Å²) in [6, 6.07) is 3.27. The van der Waals surface area contributed by atoms with Gasteiger partial charge >= 0.3 is 0 Å². The third-order valence-electron chi connectivity index (χ3n) is 3.81. The second-order valence-corrected chi connectivity index (χ2v) is 6.06.